The van der Waals surface area contributed by atoms with E-state index in [-0.39, 0.29) is 5.97 Å². The summed E-state index contributed by atoms with van der Waals surface area (Å²) in [5.41, 5.74) is 0.654. The Labute approximate surface area is 102 Å². The van der Waals surface area contributed by atoms with E-state index in [0.29, 0.717) is 6.42 Å². The number of hydrogen-bond acceptors (Lipinski definition) is 3. The Morgan fingerprint density at radius 3 is 2.71 bits per heavy atom. The van der Waals surface area contributed by atoms with Crippen LogP contribution in [0.5, 0.6) is 0 Å². The molecule has 3 heteroatoms. The van der Waals surface area contributed by atoms with Crippen molar-refractivity contribution < 1.29 is 9.53 Å². The van der Waals surface area contributed by atoms with Crippen molar-refractivity contribution in [3.05, 3.63) is 35.9 Å². The van der Waals surface area contributed by atoms with Gasteiger partial charge in [0.2, 0.25) is 0 Å². The van der Waals surface area contributed by atoms with E-state index in [4.69, 9.17) is 4.74 Å². The maximum atomic E-state index is 12.0. The summed E-state index contributed by atoms with van der Waals surface area (Å²) in [7, 11) is 1.46. The van der Waals surface area contributed by atoms with Crippen LogP contribution in [0, 0.1) is 0 Å². The molecule has 1 fully saturated rings. The highest BCUT2D eigenvalue weighted by atomic mass is 16.5. The van der Waals surface area contributed by atoms with E-state index in [1.807, 2.05) is 18.2 Å². The highest BCUT2D eigenvalue weighted by Crippen LogP contribution is 2.25. The van der Waals surface area contributed by atoms with Crippen molar-refractivity contribution in [3.63, 3.8) is 0 Å². The molecule has 1 N–H and O–H groups in total. The number of rotatable bonds is 3. The number of esters is 1. The second kappa shape index (κ2) is 5.32. The van der Waals surface area contributed by atoms with Crippen LogP contribution in [0.3, 0.4) is 0 Å². The molecule has 1 aromatic carbocycles. The van der Waals surface area contributed by atoms with Crippen LogP contribution in [-0.4, -0.2) is 25.2 Å². The molecule has 0 amide bonds. The smallest absolute Gasteiger partial charge is 0.326 e. The normalized spacial score (nSPS) is 24.3. The molecule has 1 atom stereocenters. The van der Waals surface area contributed by atoms with Crippen LogP contribution < -0.4 is 5.32 Å². The topological polar surface area (TPSA) is 38.3 Å². The molecule has 0 spiro atoms. The molecule has 2 rings (SSSR count). The molecular weight excluding hydrogens is 214 g/mol. The summed E-state index contributed by atoms with van der Waals surface area (Å²) in [6.45, 7) is 0.891. The number of ether oxygens (including phenoxy) is 1. The van der Waals surface area contributed by atoms with Gasteiger partial charge in [-0.1, -0.05) is 30.3 Å². The highest BCUT2D eigenvalue weighted by molar-refractivity contribution is 5.81. The van der Waals surface area contributed by atoms with Gasteiger partial charge in [0.15, 0.2) is 0 Å². The Kier molecular flexibility index (Phi) is 3.79. The molecule has 1 aromatic rings. The molecule has 0 bridgehead atoms. The van der Waals surface area contributed by atoms with Gasteiger partial charge in [-0.3, -0.25) is 4.79 Å². The zero-order valence-electron chi connectivity index (χ0n) is 10.2. The van der Waals surface area contributed by atoms with Crippen LogP contribution in [0.15, 0.2) is 30.3 Å². The molecule has 0 radical (unpaired) electrons. The van der Waals surface area contributed by atoms with Crippen molar-refractivity contribution in [1.82, 2.24) is 5.32 Å². The Bertz CT molecular complexity index is 369. The van der Waals surface area contributed by atoms with Crippen molar-refractivity contribution in [2.45, 2.75) is 31.2 Å². The predicted octanol–water partition coefficient (Wildman–Crippen LogP) is 1.91. The zero-order chi connectivity index (χ0) is 12.1. The van der Waals surface area contributed by atoms with E-state index < -0.39 is 5.54 Å². The molecule has 17 heavy (non-hydrogen) atoms. The van der Waals surface area contributed by atoms with Gasteiger partial charge in [-0.15, -0.1) is 0 Å². The number of carbonyl (C=O) groups excluding carboxylic acids is 1. The lowest BCUT2D eigenvalue weighted by Crippen LogP contribution is -2.56. The van der Waals surface area contributed by atoms with Gasteiger partial charge < -0.3 is 10.1 Å². The first-order valence-corrected chi connectivity index (χ1v) is 6.14. The third kappa shape index (κ3) is 2.67. The van der Waals surface area contributed by atoms with Gasteiger partial charge >= 0.3 is 5.97 Å². The Hall–Kier alpha value is -1.35. The number of nitrogens with one attached hydrogen (secondary N) is 1. The van der Waals surface area contributed by atoms with Gasteiger partial charge in [-0.25, -0.2) is 0 Å². The number of hydrogen-bond donors (Lipinski definition) is 1. The van der Waals surface area contributed by atoms with Gasteiger partial charge in [0.05, 0.1) is 7.11 Å². The molecule has 1 aliphatic rings. The van der Waals surface area contributed by atoms with Crippen LogP contribution in [0.4, 0.5) is 0 Å². The molecule has 1 aliphatic heterocycles. The van der Waals surface area contributed by atoms with E-state index in [9.17, 15) is 4.79 Å². The van der Waals surface area contributed by atoms with Crippen LogP contribution in [-0.2, 0) is 16.0 Å². The predicted molar refractivity (Wildman–Crippen MR) is 66.7 cm³/mol. The van der Waals surface area contributed by atoms with Gasteiger partial charge in [-0.05, 0) is 31.4 Å². The molecule has 3 nitrogen and oxygen atoms in total. The molecule has 1 heterocycles. The van der Waals surface area contributed by atoms with Crippen molar-refractivity contribution in [2.75, 3.05) is 13.7 Å². The van der Waals surface area contributed by atoms with Crippen LogP contribution >= 0.6 is 0 Å². The van der Waals surface area contributed by atoms with Crippen molar-refractivity contribution in [1.29, 1.82) is 0 Å². The third-order valence-corrected chi connectivity index (χ3v) is 3.42. The monoisotopic (exact) mass is 233 g/mol. The summed E-state index contributed by atoms with van der Waals surface area (Å²) in [4.78, 5) is 12.0. The van der Waals surface area contributed by atoms with Gasteiger partial charge in [0.1, 0.15) is 5.54 Å². The summed E-state index contributed by atoms with van der Waals surface area (Å²) in [6.07, 6.45) is 3.78. The molecular formula is C14H19NO2. The second-order valence-electron chi connectivity index (χ2n) is 4.62. The minimum atomic E-state index is -0.519. The summed E-state index contributed by atoms with van der Waals surface area (Å²) in [6, 6.07) is 10.1. The lowest BCUT2D eigenvalue weighted by atomic mass is 9.83. The quantitative estimate of drug-likeness (QED) is 0.811. The standard InChI is InChI=1S/C14H19NO2/c1-17-13(16)14(9-5-6-10-15-14)11-12-7-3-2-4-8-12/h2-4,7-8,15H,5-6,9-11H2,1H3. The Balaban J connectivity index is 2.19. The molecule has 0 aliphatic carbocycles. The maximum absolute atomic E-state index is 12.0. The van der Waals surface area contributed by atoms with E-state index in [0.717, 1.165) is 25.8 Å². The molecule has 92 valence electrons. The lowest BCUT2D eigenvalue weighted by Gasteiger charge is -2.35. The van der Waals surface area contributed by atoms with Gasteiger partial charge in [0.25, 0.3) is 0 Å². The molecule has 1 saturated heterocycles. The van der Waals surface area contributed by atoms with E-state index in [2.05, 4.69) is 17.4 Å². The molecule has 1 unspecified atom stereocenters. The minimum absolute atomic E-state index is 0.138. The van der Waals surface area contributed by atoms with Crippen molar-refractivity contribution >= 4 is 5.97 Å². The van der Waals surface area contributed by atoms with Crippen LogP contribution in [0.25, 0.3) is 0 Å². The summed E-state index contributed by atoms with van der Waals surface area (Å²) in [5, 5.41) is 3.36. The number of methoxy groups -OCH3 is 1. The van der Waals surface area contributed by atoms with Gasteiger partial charge in [0, 0.05) is 6.42 Å². The number of piperidine rings is 1. The SMILES string of the molecule is COC(=O)C1(Cc2ccccc2)CCCCN1. The summed E-state index contributed by atoms with van der Waals surface area (Å²) in [5.74, 6) is -0.138. The van der Waals surface area contributed by atoms with E-state index >= 15 is 0 Å². The first-order valence-electron chi connectivity index (χ1n) is 6.14. The first-order chi connectivity index (χ1) is 8.27. The van der Waals surface area contributed by atoms with Crippen molar-refractivity contribution in [3.8, 4) is 0 Å². The van der Waals surface area contributed by atoms with Crippen LogP contribution in [0.1, 0.15) is 24.8 Å². The van der Waals surface area contributed by atoms with Crippen molar-refractivity contribution in [2.24, 2.45) is 0 Å². The Morgan fingerprint density at radius 2 is 2.12 bits per heavy atom. The largest absolute Gasteiger partial charge is 0.468 e. The maximum Gasteiger partial charge on any atom is 0.326 e. The Morgan fingerprint density at radius 1 is 1.35 bits per heavy atom. The number of benzene rings is 1. The fraction of sp³-hybridized carbons (Fsp3) is 0.500. The second-order valence-corrected chi connectivity index (χ2v) is 4.62. The number of carbonyl (C=O) groups is 1. The fourth-order valence-corrected chi connectivity index (χ4v) is 2.50. The summed E-state index contributed by atoms with van der Waals surface area (Å²) < 4.78 is 4.96. The lowest BCUT2D eigenvalue weighted by molar-refractivity contribution is -0.149. The molecule has 0 saturated carbocycles. The average molecular weight is 233 g/mol. The average Bonchev–Trinajstić information content (AvgIpc) is 2.40. The third-order valence-electron chi connectivity index (χ3n) is 3.42. The van der Waals surface area contributed by atoms with E-state index in [1.165, 1.54) is 12.7 Å². The van der Waals surface area contributed by atoms with E-state index in [1.54, 1.807) is 0 Å². The van der Waals surface area contributed by atoms with Gasteiger partial charge in [-0.2, -0.15) is 0 Å². The zero-order valence-corrected chi connectivity index (χ0v) is 10.2. The van der Waals surface area contributed by atoms with Crippen LogP contribution in [0.2, 0.25) is 0 Å². The fourth-order valence-electron chi connectivity index (χ4n) is 2.50. The highest BCUT2D eigenvalue weighted by Gasteiger charge is 2.40. The first kappa shape index (κ1) is 12.1. The molecule has 0 aromatic heterocycles. The minimum Gasteiger partial charge on any atom is -0.468 e. The summed E-state index contributed by atoms with van der Waals surface area (Å²) >= 11 is 0.